The molecule has 78 valence electrons. The van der Waals surface area contributed by atoms with Crippen LogP contribution in [-0.2, 0) is 4.74 Å². The van der Waals surface area contributed by atoms with E-state index in [0.717, 1.165) is 26.1 Å². The Morgan fingerprint density at radius 2 is 2.23 bits per heavy atom. The van der Waals surface area contributed by atoms with E-state index in [-0.39, 0.29) is 10.9 Å². The topological polar surface area (TPSA) is 29.5 Å². The zero-order valence-electron chi connectivity index (χ0n) is 8.75. The first kappa shape index (κ1) is 11.3. The van der Waals surface area contributed by atoms with Gasteiger partial charge in [-0.25, -0.2) is 0 Å². The lowest BCUT2D eigenvalue weighted by Crippen LogP contribution is -2.42. The monoisotopic (exact) mass is 204 g/mol. The van der Waals surface area contributed by atoms with E-state index in [0.29, 0.717) is 5.92 Å². The van der Waals surface area contributed by atoms with Gasteiger partial charge in [-0.05, 0) is 32.9 Å². The average molecular weight is 204 g/mol. The highest BCUT2D eigenvalue weighted by Crippen LogP contribution is 2.32. The van der Waals surface area contributed by atoms with Crippen molar-refractivity contribution in [3.63, 3.8) is 0 Å². The third kappa shape index (κ3) is 2.86. The van der Waals surface area contributed by atoms with Crippen LogP contribution in [0.5, 0.6) is 0 Å². The molecule has 1 aliphatic heterocycles. The summed E-state index contributed by atoms with van der Waals surface area (Å²) in [4.78, 5) is 0. The third-order valence-electron chi connectivity index (χ3n) is 2.88. The number of hydrogen-bond donors (Lipinski definition) is 1. The molecule has 0 aromatic carbocycles. The standard InChI is InChI=1S/C10H20O2S/c1-10(2,13-3)9(11)8-5-4-6-12-7-8/h8-9,11H,4-7H2,1-3H3. The van der Waals surface area contributed by atoms with Gasteiger partial charge in [0.2, 0.25) is 0 Å². The van der Waals surface area contributed by atoms with Crippen LogP contribution in [0.15, 0.2) is 0 Å². The molecule has 1 saturated heterocycles. The summed E-state index contributed by atoms with van der Waals surface area (Å²) in [5.41, 5.74) is 0. The second kappa shape index (κ2) is 4.67. The van der Waals surface area contributed by atoms with Crippen LogP contribution in [0.2, 0.25) is 0 Å². The lowest BCUT2D eigenvalue weighted by atomic mass is 9.88. The van der Waals surface area contributed by atoms with Crippen LogP contribution in [0.1, 0.15) is 26.7 Å². The Balaban J connectivity index is 2.49. The zero-order chi connectivity index (χ0) is 9.90. The van der Waals surface area contributed by atoms with Crippen LogP contribution >= 0.6 is 11.8 Å². The van der Waals surface area contributed by atoms with Gasteiger partial charge in [-0.3, -0.25) is 0 Å². The Kier molecular flexibility index (Phi) is 4.07. The highest BCUT2D eigenvalue weighted by molar-refractivity contribution is 8.00. The van der Waals surface area contributed by atoms with Crippen molar-refractivity contribution < 1.29 is 9.84 Å². The molecule has 1 N–H and O–H groups in total. The maximum absolute atomic E-state index is 10.1. The van der Waals surface area contributed by atoms with Crippen molar-refractivity contribution in [2.75, 3.05) is 19.5 Å². The van der Waals surface area contributed by atoms with E-state index in [4.69, 9.17) is 4.74 Å². The molecular weight excluding hydrogens is 184 g/mol. The summed E-state index contributed by atoms with van der Waals surface area (Å²) in [6, 6.07) is 0. The Morgan fingerprint density at radius 1 is 1.54 bits per heavy atom. The predicted molar refractivity (Wildman–Crippen MR) is 57.1 cm³/mol. The van der Waals surface area contributed by atoms with E-state index in [1.54, 1.807) is 11.8 Å². The lowest BCUT2D eigenvalue weighted by molar-refractivity contribution is -0.0196. The van der Waals surface area contributed by atoms with Gasteiger partial charge in [-0.15, -0.1) is 0 Å². The fourth-order valence-electron chi connectivity index (χ4n) is 1.70. The van der Waals surface area contributed by atoms with Gasteiger partial charge >= 0.3 is 0 Å². The molecule has 0 amide bonds. The summed E-state index contributed by atoms with van der Waals surface area (Å²) >= 11 is 1.72. The van der Waals surface area contributed by atoms with Crippen LogP contribution in [0.25, 0.3) is 0 Å². The smallest absolute Gasteiger partial charge is 0.0731 e. The van der Waals surface area contributed by atoms with Crippen LogP contribution in [0.3, 0.4) is 0 Å². The van der Waals surface area contributed by atoms with Crippen LogP contribution in [0.4, 0.5) is 0 Å². The molecule has 0 bridgehead atoms. The summed E-state index contributed by atoms with van der Waals surface area (Å²) < 4.78 is 5.32. The van der Waals surface area contributed by atoms with Gasteiger partial charge in [0.15, 0.2) is 0 Å². The molecule has 2 nitrogen and oxygen atoms in total. The van der Waals surface area contributed by atoms with Crippen molar-refractivity contribution in [2.24, 2.45) is 5.92 Å². The SMILES string of the molecule is CSC(C)(C)C(O)C1CCCOC1. The minimum atomic E-state index is -0.247. The number of rotatable bonds is 3. The summed E-state index contributed by atoms with van der Waals surface area (Å²) in [6.07, 6.45) is 3.99. The van der Waals surface area contributed by atoms with Crippen molar-refractivity contribution in [1.29, 1.82) is 0 Å². The molecule has 0 radical (unpaired) electrons. The Hall–Kier alpha value is 0.270. The van der Waals surface area contributed by atoms with Crippen molar-refractivity contribution >= 4 is 11.8 Å². The number of aliphatic hydroxyl groups is 1. The first-order valence-corrected chi connectivity index (χ1v) is 6.11. The maximum atomic E-state index is 10.1. The molecule has 0 saturated carbocycles. The molecule has 3 heteroatoms. The number of aliphatic hydroxyl groups excluding tert-OH is 1. The van der Waals surface area contributed by atoms with E-state index in [9.17, 15) is 5.11 Å². The fraction of sp³-hybridized carbons (Fsp3) is 1.00. The van der Waals surface area contributed by atoms with Crippen molar-refractivity contribution in [1.82, 2.24) is 0 Å². The van der Waals surface area contributed by atoms with Crippen molar-refractivity contribution in [3.8, 4) is 0 Å². The number of hydrogen-bond acceptors (Lipinski definition) is 3. The van der Waals surface area contributed by atoms with Gasteiger partial charge in [0, 0.05) is 17.3 Å². The highest BCUT2D eigenvalue weighted by atomic mass is 32.2. The third-order valence-corrected chi connectivity index (χ3v) is 4.17. The second-order valence-electron chi connectivity index (χ2n) is 4.23. The Morgan fingerprint density at radius 3 is 2.69 bits per heavy atom. The van der Waals surface area contributed by atoms with E-state index in [1.807, 2.05) is 6.26 Å². The molecule has 13 heavy (non-hydrogen) atoms. The molecule has 1 rings (SSSR count). The number of thioether (sulfide) groups is 1. The average Bonchev–Trinajstić information content (AvgIpc) is 2.18. The fourth-order valence-corrected chi connectivity index (χ4v) is 2.14. The molecule has 0 spiro atoms. The predicted octanol–water partition coefficient (Wildman–Crippen LogP) is 1.92. The summed E-state index contributed by atoms with van der Waals surface area (Å²) in [5, 5.41) is 10.1. The van der Waals surface area contributed by atoms with Crippen molar-refractivity contribution in [3.05, 3.63) is 0 Å². The van der Waals surface area contributed by atoms with E-state index >= 15 is 0 Å². The van der Waals surface area contributed by atoms with Gasteiger partial charge < -0.3 is 9.84 Å². The first-order valence-electron chi connectivity index (χ1n) is 4.89. The van der Waals surface area contributed by atoms with Gasteiger partial charge in [0.25, 0.3) is 0 Å². The van der Waals surface area contributed by atoms with Crippen LogP contribution in [-0.4, -0.2) is 35.4 Å². The molecule has 0 aromatic rings. The molecule has 2 atom stereocenters. The van der Waals surface area contributed by atoms with Gasteiger partial charge in [-0.1, -0.05) is 0 Å². The molecular formula is C10H20O2S. The summed E-state index contributed by atoms with van der Waals surface area (Å²) in [5.74, 6) is 0.330. The highest BCUT2D eigenvalue weighted by Gasteiger charge is 2.34. The van der Waals surface area contributed by atoms with Gasteiger partial charge in [-0.2, -0.15) is 11.8 Å². The van der Waals surface area contributed by atoms with Crippen LogP contribution in [0, 0.1) is 5.92 Å². The van der Waals surface area contributed by atoms with Gasteiger partial charge in [0.05, 0.1) is 12.7 Å². The number of ether oxygens (including phenoxy) is 1. The summed E-state index contributed by atoms with van der Waals surface area (Å²) in [7, 11) is 0. The van der Waals surface area contributed by atoms with E-state index in [2.05, 4.69) is 13.8 Å². The molecule has 1 aliphatic rings. The largest absolute Gasteiger partial charge is 0.391 e. The Labute approximate surface area is 85.0 Å². The Bertz CT molecular complexity index is 153. The van der Waals surface area contributed by atoms with Gasteiger partial charge in [0.1, 0.15) is 0 Å². The first-order chi connectivity index (χ1) is 6.08. The van der Waals surface area contributed by atoms with Crippen LogP contribution < -0.4 is 0 Å². The molecule has 0 aliphatic carbocycles. The minimum absolute atomic E-state index is 0.0502. The van der Waals surface area contributed by atoms with E-state index < -0.39 is 0 Å². The summed E-state index contributed by atoms with van der Waals surface area (Å²) in [6.45, 7) is 5.78. The quantitative estimate of drug-likeness (QED) is 0.761. The second-order valence-corrected chi connectivity index (χ2v) is 5.69. The van der Waals surface area contributed by atoms with E-state index in [1.165, 1.54) is 0 Å². The lowest BCUT2D eigenvalue weighted by Gasteiger charge is -2.36. The van der Waals surface area contributed by atoms with Crippen molar-refractivity contribution in [2.45, 2.75) is 37.5 Å². The normalized spacial score (nSPS) is 27.2. The molecule has 1 fully saturated rings. The maximum Gasteiger partial charge on any atom is 0.0731 e. The molecule has 1 heterocycles. The molecule has 2 unspecified atom stereocenters. The zero-order valence-corrected chi connectivity index (χ0v) is 9.56. The minimum Gasteiger partial charge on any atom is -0.391 e. The molecule has 0 aromatic heterocycles.